The second-order valence-electron chi connectivity index (χ2n) is 6.55. The second kappa shape index (κ2) is 7.17. The number of rotatable bonds is 5. The highest BCUT2D eigenvalue weighted by Gasteiger charge is 2.21. The molecule has 26 heavy (non-hydrogen) atoms. The van der Waals surface area contributed by atoms with Gasteiger partial charge in [0.15, 0.2) is 0 Å². The Kier molecular flexibility index (Phi) is 5.11. The maximum atomic E-state index is 11.8. The molecule has 3 rings (SSSR count). The Bertz CT molecular complexity index is 941. The standard InChI is InChI=1S/C19H23N3O3S/c1-4-26(24,25)21-13(2)16-10-17(12-20-11-16)14-5-7-18-15(9-14)6-8-19(23)22(18)3/h5,7,9-13,21H,4,6,8H2,1-3H3. The number of nitrogens with one attached hydrogen (secondary N) is 1. The monoisotopic (exact) mass is 373 g/mol. The molecule has 0 spiro atoms. The van der Waals surface area contributed by atoms with E-state index in [2.05, 4.69) is 15.8 Å². The zero-order chi connectivity index (χ0) is 18.9. The molecule has 2 aromatic rings. The van der Waals surface area contributed by atoms with Crippen LogP contribution in [-0.2, 0) is 21.2 Å². The van der Waals surface area contributed by atoms with Crippen LogP contribution in [0.2, 0.25) is 0 Å². The summed E-state index contributed by atoms with van der Waals surface area (Å²) in [6.07, 6.45) is 4.69. The molecule has 1 unspecified atom stereocenters. The maximum Gasteiger partial charge on any atom is 0.227 e. The number of aromatic nitrogens is 1. The lowest BCUT2D eigenvalue weighted by atomic mass is 9.96. The van der Waals surface area contributed by atoms with Crippen molar-refractivity contribution in [3.05, 3.63) is 47.8 Å². The van der Waals surface area contributed by atoms with Crippen molar-refractivity contribution in [2.75, 3.05) is 17.7 Å². The van der Waals surface area contributed by atoms with E-state index in [4.69, 9.17) is 0 Å². The molecule has 1 aromatic heterocycles. The highest BCUT2D eigenvalue weighted by Crippen LogP contribution is 2.31. The molecule has 7 heteroatoms. The summed E-state index contributed by atoms with van der Waals surface area (Å²) in [5.41, 5.74) is 4.82. The number of nitrogens with zero attached hydrogens (tertiary/aromatic N) is 2. The fourth-order valence-corrected chi connectivity index (χ4v) is 3.95. The minimum absolute atomic E-state index is 0.0432. The Balaban J connectivity index is 1.90. The summed E-state index contributed by atoms with van der Waals surface area (Å²) in [6.45, 7) is 3.42. The van der Waals surface area contributed by atoms with Gasteiger partial charge in [0.25, 0.3) is 0 Å². The van der Waals surface area contributed by atoms with Crippen molar-refractivity contribution >= 4 is 21.6 Å². The number of anilines is 1. The van der Waals surface area contributed by atoms with Crippen LogP contribution in [0.3, 0.4) is 0 Å². The summed E-state index contributed by atoms with van der Waals surface area (Å²) < 4.78 is 26.2. The van der Waals surface area contributed by atoms with Gasteiger partial charge in [-0.3, -0.25) is 9.78 Å². The van der Waals surface area contributed by atoms with E-state index in [9.17, 15) is 13.2 Å². The zero-order valence-corrected chi connectivity index (χ0v) is 16.0. The van der Waals surface area contributed by atoms with Crippen molar-refractivity contribution in [2.45, 2.75) is 32.7 Å². The van der Waals surface area contributed by atoms with Crippen LogP contribution in [-0.4, -0.2) is 32.1 Å². The number of carbonyl (C=O) groups is 1. The Morgan fingerprint density at radius 1 is 1.19 bits per heavy atom. The van der Waals surface area contributed by atoms with Gasteiger partial charge in [0, 0.05) is 43.2 Å². The Hall–Kier alpha value is -2.25. The quantitative estimate of drug-likeness (QED) is 0.874. The van der Waals surface area contributed by atoms with Gasteiger partial charge in [-0.1, -0.05) is 6.07 Å². The Morgan fingerprint density at radius 3 is 2.69 bits per heavy atom. The van der Waals surface area contributed by atoms with Crippen molar-refractivity contribution in [3.63, 3.8) is 0 Å². The first-order valence-corrected chi connectivity index (χ1v) is 10.3. The largest absolute Gasteiger partial charge is 0.315 e. The molecule has 0 aliphatic carbocycles. The average molecular weight is 373 g/mol. The highest BCUT2D eigenvalue weighted by atomic mass is 32.2. The van der Waals surface area contributed by atoms with Gasteiger partial charge >= 0.3 is 0 Å². The number of pyridine rings is 1. The minimum atomic E-state index is -3.28. The minimum Gasteiger partial charge on any atom is -0.315 e. The summed E-state index contributed by atoms with van der Waals surface area (Å²) in [6, 6.07) is 7.61. The third-order valence-corrected chi connectivity index (χ3v) is 6.23. The molecule has 1 amide bonds. The number of sulfonamides is 1. The predicted octanol–water partition coefficient (Wildman–Crippen LogP) is 2.66. The molecule has 1 aromatic carbocycles. The molecule has 0 saturated carbocycles. The van der Waals surface area contributed by atoms with Crippen LogP contribution < -0.4 is 9.62 Å². The SMILES string of the molecule is CCS(=O)(=O)NC(C)c1cncc(-c2ccc3c(c2)CCC(=O)N3C)c1. The molecule has 138 valence electrons. The van der Waals surface area contributed by atoms with Gasteiger partial charge in [0.2, 0.25) is 15.9 Å². The predicted molar refractivity (Wildman–Crippen MR) is 102 cm³/mol. The van der Waals surface area contributed by atoms with Crippen LogP contribution in [0.4, 0.5) is 5.69 Å². The molecular weight excluding hydrogens is 350 g/mol. The number of amides is 1. The topological polar surface area (TPSA) is 79.4 Å². The van der Waals surface area contributed by atoms with Gasteiger partial charge in [-0.2, -0.15) is 0 Å². The number of hydrogen-bond donors (Lipinski definition) is 1. The van der Waals surface area contributed by atoms with E-state index in [1.807, 2.05) is 18.2 Å². The average Bonchev–Trinajstić information content (AvgIpc) is 2.64. The molecule has 6 nitrogen and oxygen atoms in total. The van der Waals surface area contributed by atoms with Gasteiger partial charge in [0.1, 0.15) is 0 Å². The molecule has 1 aliphatic heterocycles. The number of fused-ring (bicyclic) bond motifs is 1. The third-order valence-electron chi connectivity index (χ3n) is 4.75. The number of carbonyl (C=O) groups excluding carboxylic acids is 1. The maximum absolute atomic E-state index is 11.8. The molecular formula is C19H23N3O3S. The van der Waals surface area contributed by atoms with Crippen molar-refractivity contribution < 1.29 is 13.2 Å². The van der Waals surface area contributed by atoms with E-state index in [1.54, 1.807) is 38.2 Å². The van der Waals surface area contributed by atoms with Crippen LogP contribution in [0.15, 0.2) is 36.7 Å². The van der Waals surface area contributed by atoms with Crippen molar-refractivity contribution in [1.29, 1.82) is 0 Å². The summed E-state index contributed by atoms with van der Waals surface area (Å²) in [7, 11) is -1.49. The smallest absolute Gasteiger partial charge is 0.227 e. The molecule has 1 atom stereocenters. The van der Waals surface area contributed by atoms with Crippen LogP contribution in [0, 0.1) is 0 Å². The third kappa shape index (κ3) is 3.78. The molecule has 0 fully saturated rings. The van der Waals surface area contributed by atoms with E-state index in [0.717, 1.165) is 34.4 Å². The Labute approximate surface area is 154 Å². The lowest BCUT2D eigenvalue weighted by Gasteiger charge is -2.26. The number of aryl methyl sites for hydroxylation is 1. The number of hydrogen-bond acceptors (Lipinski definition) is 4. The van der Waals surface area contributed by atoms with E-state index >= 15 is 0 Å². The molecule has 2 heterocycles. The first-order valence-electron chi connectivity index (χ1n) is 8.65. The summed E-state index contributed by atoms with van der Waals surface area (Å²) in [5, 5.41) is 0. The fourth-order valence-electron chi connectivity index (χ4n) is 3.11. The first kappa shape index (κ1) is 18.5. The zero-order valence-electron chi connectivity index (χ0n) is 15.2. The van der Waals surface area contributed by atoms with Crippen LogP contribution in [0.5, 0.6) is 0 Å². The van der Waals surface area contributed by atoms with Gasteiger partial charge in [0.05, 0.1) is 5.75 Å². The van der Waals surface area contributed by atoms with E-state index in [1.165, 1.54) is 0 Å². The van der Waals surface area contributed by atoms with Gasteiger partial charge in [-0.05, 0) is 55.2 Å². The fraction of sp³-hybridized carbons (Fsp3) is 0.368. The van der Waals surface area contributed by atoms with Crippen molar-refractivity contribution in [1.82, 2.24) is 9.71 Å². The lowest BCUT2D eigenvalue weighted by molar-refractivity contribution is -0.118. The molecule has 0 saturated heterocycles. The van der Waals surface area contributed by atoms with E-state index in [-0.39, 0.29) is 17.7 Å². The van der Waals surface area contributed by atoms with Crippen LogP contribution in [0.1, 0.15) is 37.4 Å². The van der Waals surface area contributed by atoms with Crippen LogP contribution >= 0.6 is 0 Å². The van der Waals surface area contributed by atoms with Gasteiger partial charge in [-0.15, -0.1) is 0 Å². The van der Waals surface area contributed by atoms with Gasteiger partial charge in [-0.25, -0.2) is 13.1 Å². The van der Waals surface area contributed by atoms with E-state index < -0.39 is 10.0 Å². The first-order chi connectivity index (χ1) is 12.3. The number of benzene rings is 1. The van der Waals surface area contributed by atoms with E-state index in [0.29, 0.717) is 6.42 Å². The summed E-state index contributed by atoms with van der Waals surface area (Å²) in [5.74, 6) is 0.174. The van der Waals surface area contributed by atoms with Crippen molar-refractivity contribution in [3.8, 4) is 11.1 Å². The Morgan fingerprint density at radius 2 is 1.96 bits per heavy atom. The van der Waals surface area contributed by atoms with Gasteiger partial charge < -0.3 is 4.90 Å². The highest BCUT2D eigenvalue weighted by molar-refractivity contribution is 7.89. The summed E-state index contributed by atoms with van der Waals surface area (Å²) in [4.78, 5) is 17.8. The molecule has 1 aliphatic rings. The normalized spacial score (nSPS) is 15.7. The van der Waals surface area contributed by atoms with Crippen LogP contribution in [0.25, 0.3) is 11.1 Å². The second-order valence-corrected chi connectivity index (χ2v) is 8.59. The van der Waals surface area contributed by atoms with Crippen molar-refractivity contribution in [2.24, 2.45) is 0 Å². The molecule has 0 radical (unpaired) electrons. The molecule has 0 bridgehead atoms. The summed E-state index contributed by atoms with van der Waals surface area (Å²) >= 11 is 0. The molecule has 1 N–H and O–H groups in total. The lowest BCUT2D eigenvalue weighted by Crippen LogP contribution is -2.30.